The zero-order valence-electron chi connectivity index (χ0n) is 18.8. The highest BCUT2D eigenvalue weighted by atomic mass is 35.5. The van der Waals surface area contributed by atoms with Gasteiger partial charge in [-0.25, -0.2) is 13.8 Å². The number of anilines is 2. The molecule has 2 aromatic carbocycles. The van der Waals surface area contributed by atoms with Gasteiger partial charge >= 0.3 is 5.56 Å². The Morgan fingerprint density at radius 2 is 1.88 bits per heavy atom. The van der Waals surface area contributed by atoms with E-state index in [0.29, 0.717) is 52.2 Å². The van der Waals surface area contributed by atoms with Crippen LogP contribution in [0.25, 0.3) is 11.2 Å². The molecule has 4 rings (SSSR count). The van der Waals surface area contributed by atoms with Crippen molar-refractivity contribution in [3.8, 4) is 5.75 Å². The lowest BCUT2D eigenvalue weighted by molar-refractivity contribution is 0.133. The van der Waals surface area contributed by atoms with Crippen LogP contribution in [0.2, 0.25) is 5.02 Å². The number of hydrogen-bond donors (Lipinski definition) is 1. The molecule has 10 heteroatoms. The maximum Gasteiger partial charge on any atom is 0.300 e. The highest BCUT2D eigenvalue weighted by Crippen LogP contribution is 2.26. The number of alkyl halides is 2. The van der Waals surface area contributed by atoms with Crippen molar-refractivity contribution in [3.63, 3.8) is 0 Å². The number of halogens is 3. The van der Waals surface area contributed by atoms with Crippen molar-refractivity contribution in [1.82, 2.24) is 19.1 Å². The second kappa shape index (κ2) is 10.2. The average Bonchev–Trinajstić information content (AvgIpc) is 3.27. The first-order valence-electron chi connectivity index (χ1n) is 10.8. The van der Waals surface area contributed by atoms with Gasteiger partial charge < -0.3 is 14.6 Å². The van der Waals surface area contributed by atoms with Gasteiger partial charge in [0.05, 0.1) is 12.9 Å². The normalized spacial score (nSPS) is 11.4. The van der Waals surface area contributed by atoms with Crippen molar-refractivity contribution in [2.24, 2.45) is 0 Å². The number of hydrogen-bond acceptors (Lipinski definition) is 5. The Hall–Kier alpha value is -3.46. The molecule has 4 aromatic rings. The number of benzene rings is 2. The lowest BCUT2D eigenvalue weighted by Crippen LogP contribution is -2.21. The Morgan fingerprint density at radius 1 is 1.15 bits per heavy atom. The summed E-state index contributed by atoms with van der Waals surface area (Å²) in [5.41, 5.74) is 2.80. The molecular weight excluding hydrogens is 464 g/mol. The Balaban J connectivity index is 1.73. The Bertz CT molecular complexity index is 1350. The number of aromatic nitrogens is 4. The van der Waals surface area contributed by atoms with E-state index < -0.39 is 25.0 Å². The minimum Gasteiger partial charge on any atom is -0.485 e. The molecule has 0 saturated heterocycles. The van der Waals surface area contributed by atoms with Crippen LogP contribution in [0, 0.1) is 6.92 Å². The van der Waals surface area contributed by atoms with Gasteiger partial charge in [-0.1, -0.05) is 23.7 Å². The lowest BCUT2D eigenvalue weighted by Gasteiger charge is -2.17. The van der Waals surface area contributed by atoms with Crippen molar-refractivity contribution in [2.75, 3.05) is 18.7 Å². The third-order valence-electron chi connectivity index (χ3n) is 5.40. The molecule has 0 radical (unpaired) electrons. The SMILES string of the molecule is CCn1cnc2c1c(=O)nc(Nc1ccc(OC(CF)CF)c(C)c1)n2Cc1ccc(Cl)cc1. The predicted molar refractivity (Wildman–Crippen MR) is 129 cm³/mol. The van der Waals surface area contributed by atoms with Gasteiger partial charge in [-0.05, 0) is 55.3 Å². The molecule has 0 aliphatic rings. The predicted octanol–water partition coefficient (Wildman–Crippen LogP) is 5.05. The van der Waals surface area contributed by atoms with Gasteiger partial charge in [-0.15, -0.1) is 0 Å². The van der Waals surface area contributed by atoms with E-state index >= 15 is 0 Å². The van der Waals surface area contributed by atoms with Gasteiger partial charge in [0, 0.05) is 17.3 Å². The number of ether oxygens (including phenoxy) is 1. The number of fused-ring (bicyclic) bond motifs is 1. The zero-order valence-corrected chi connectivity index (χ0v) is 19.5. The summed E-state index contributed by atoms with van der Waals surface area (Å²) in [6.07, 6.45) is 0.484. The first-order chi connectivity index (χ1) is 16.4. The van der Waals surface area contributed by atoms with Crippen LogP contribution in [0.3, 0.4) is 0 Å². The number of nitrogens with one attached hydrogen (secondary N) is 1. The van der Waals surface area contributed by atoms with E-state index in [0.717, 1.165) is 5.56 Å². The highest BCUT2D eigenvalue weighted by molar-refractivity contribution is 6.30. The van der Waals surface area contributed by atoms with Gasteiger partial charge in [0.1, 0.15) is 19.1 Å². The fourth-order valence-electron chi connectivity index (χ4n) is 3.63. The van der Waals surface area contributed by atoms with E-state index in [2.05, 4.69) is 15.3 Å². The van der Waals surface area contributed by atoms with Crippen LogP contribution in [0.1, 0.15) is 18.1 Å². The maximum absolute atomic E-state index is 12.9. The molecule has 2 heterocycles. The fraction of sp³-hybridized carbons (Fsp3) is 0.292. The first kappa shape index (κ1) is 23.7. The molecule has 0 aliphatic heterocycles. The summed E-state index contributed by atoms with van der Waals surface area (Å²) in [6, 6.07) is 12.5. The molecule has 0 saturated carbocycles. The van der Waals surface area contributed by atoms with Crippen molar-refractivity contribution in [1.29, 1.82) is 0 Å². The van der Waals surface area contributed by atoms with Gasteiger partial charge in [-0.3, -0.25) is 9.36 Å². The molecule has 0 atom stereocenters. The summed E-state index contributed by atoms with van der Waals surface area (Å²) >= 11 is 6.03. The monoisotopic (exact) mass is 487 g/mol. The number of imidazole rings is 1. The van der Waals surface area contributed by atoms with Crippen LogP contribution in [0.5, 0.6) is 5.75 Å². The quantitative estimate of drug-likeness (QED) is 0.357. The highest BCUT2D eigenvalue weighted by Gasteiger charge is 2.17. The average molecular weight is 488 g/mol. The van der Waals surface area contributed by atoms with E-state index in [1.54, 1.807) is 48.1 Å². The summed E-state index contributed by atoms with van der Waals surface area (Å²) in [6.45, 7) is 2.86. The third-order valence-corrected chi connectivity index (χ3v) is 5.66. The van der Waals surface area contributed by atoms with Crippen LogP contribution < -0.4 is 15.6 Å². The summed E-state index contributed by atoms with van der Waals surface area (Å²) in [7, 11) is 0. The first-order valence-corrected chi connectivity index (χ1v) is 11.2. The lowest BCUT2D eigenvalue weighted by atomic mass is 10.2. The van der Waals surface area contributed by atoms with E-state index in [-0.39, 0.29) is 0 Å². The molecule has 0 spiro atoms. The Kier molecular flexibility index (Phi) is 7.12. The van der Waals surface area contributed by atoms with Crippen molar-refractivity contribution in [3.05, 3.63) is 75.3 Å². The number of rotatable bonds is 9. The molecule has 0 fully saturated rings. The second-order valence-electron chi connectivity index (χ2n) is 7.81. The van der Waals surface area contributed by atoms with E-state index in [4.69, 9.17) is 16.3 Å². The largest absolute Gasteiger partial charge is 0.485 e. The summed E-state index contributed by atoms with van der Waals surface area (Å²) in [5, 5.41) is 3.81. The Labute approximate surface area is 200 Å². The summed E-state index contributed by atoms with van der Waals surface area (Å²) in [5.74, 6) is 0.696. The van der Waals surface area contributed by atoms with Crippen LogP contribution in [0.15, 0.2) is 53.6 Å². The van der Waals surface area contributed by atoms with Gasteiger partial charge in [-0.2, -0.15) is 4.98 Å². The van der Waals surface area contributed by atoms with E-state index in [9.17, 15) is 13.6 Å². The second-order valence-corrected chi connectivity index (χ2v) is 8.25. The standard InChI is InChI=1S/C24H24ClF2N5O2/c1-3-31-14-28-22-21(31)23(33)30-24(32(22)13-16-4-6-17(25)7-5-16)29-18-8-9-20(15(2)10-18)34-19(11-26)12-27/h4-10,14,19H,3,11-13H2,1-2H3,(H,29,30,33). The van der Waals surface area contributed by atoms with E-state index in [1.807, 2.05) is 23.6 Å². The summed E-state index contributed by atoms with van der Waals surface area (Å²) < 4.78 is 34.7. The van der Waals surface area contributed by atoms with E-state index in [1.165, 1.54) is 0 Å². The van der Waals surface area contributed by atoms with Crippen molar-refractivity contribution < 1.29 is 13.5 Å². The molecule has 0 amide bonds. The van der Waals surface area contributed by atoms with Crippen molar-refractivity contribution >= 4 is 34.4 Å². The van der Waals surface area contributed by atoms with Crippen LogP contribution in [-0.2, 0) is 13.1 Å². The molecule has 1 N–H and O–H groups in total. The van der Waals surface area contributed by atoms with Gasteiger partial charge in [0.15, 0.2) is 17.3 Å². The minimum atomic E-state index is -1.14. The molecule has 178 valence electrons. The molecule has 0 unspecified atom stereocenters. The van der Waals surface area contributed by atoms with Crippen LogP contribution >= 0.6 is 11.6 Å². The van der Waals surface area contributed by atoms with Crippen molar-refractivity contribution in [2.45, 2.75) is 33.0 Å². The summed E-state index contributed by atoms with van der Waals surface area (Å²) in [4.78, 5) is 21.6. The molecule has 0 bridgehead atoms. The molecule has 34 heavy (non-hydrogen) atoms. The van der Waals surface area contributed by atoms with Crippen LogP contribution in [0.4, 0.5) is 20.4 Å². The zero-order chi connectivity index (χ0) is 24.2. The number of aryl methyl sites for hydroxylation is 2. The van der Waals surface area contributed by atoms with Gasteiger partial charge in [0.2, 0.25) is 5.95 Å². The minimum absolute atomic E-state index is 0.312. The molecule has 7 nitrogen and oxygen atoms in total. The number of nitrogens with zero attached hydrogens (tertiary/aromatic N) is 4. The van der Waals surface area contributed by atoms with Crippen LogP contribution in [-0.4, -0.2) is 38.6 Å². The topological polar surface area (TPSA) is 74.0 Å². The molecule has 0 aliphatic carbocycles. The third kappa shape index (κ3) is 4.89. The molecule has 2 aromatic heterocycles. The smallest absolute Gasteiger partial charge is 0.300 e. The fourth-order valence-corrected chi connectivity index (χ4v) is 3.75. The van der Waals surface area contributed by atoms with Gasteiger partial charge in [0.25, 0.3) is 0 Å². The maximum atomic E-state index is 12.9. The molecular formula is C24H24ClF2N5O2. The Morgan fingerprint density at radius 3 is 2.53 bits per heavy atom.